The van der Waals surface area contributed by atoms with Crippen molar-refractivity contribution in [1.29, 1.82) is 10.5 Å². The monoisotopic (exact) mass is 544 g/mol. The largest absolute Gasteiger partial charge is 0.416 e. The number of hydrogen-bond donors (Lipinski definition) is 0. The molecule has 1 aromatic heterocycles. The Hall–Kier alpha value is -5.54. The van der Waals surface area contributed by atoms with Gasteiger partial charge in [-0.05, 0) is 58.7 Å². The minimum Gasteiger partial charge on any atom is -0.232 e. The van der Waals surface area contributed by atoms with E-state index in [0.29, 0.717) is 33.4 Å². The summed E-state index contributed by atoms with van der Waals surface area (Å²) in [5.74, 6) is 0. The van der Waals surface area contributed by atoms with Crippen LogP contribution in [0.25, 0.3) is 38.5 Å². The molecule has 0 fully saturated rings. The van der Waals surface area contributed by atoms with Gasteiger partial charge >= 0.3 is 12.4 Å². The molecule has 1 aliphatic carbocycles. The first-order chi connectivity index (χ1) is 19.0. The van der Waals surface area contributed by atoms with E-state index in [0.717, 1.165) is 24.3 Å². The number of nitriles is 2. The van der Waals surface area contributed by atoms with Crippen LogP contribution in [-0.4, -0.2) is 15.7 Å². The van der Waals surface area contributed by atoms with Gasteiger partial charge in [0.15, 0.2) is 17.1 Å². The van der Waals surface area contributed by atoms with Crippen LogP contribution >= 0.6 is 0 Å². The van der Waals surface area contributed by atoms with Crippen molar-refractivity contribution in [3.05, 3.63) is 106 Å². The standard InChI is InChI=1S/C28H10F6N6/c1-37-40-25-21-11-19(15-4-8-17(9-5-15)28(32,33)34)18(14-2-6-16(7-3-14)27(29,30)31)10-20(21)24-26(25)39-23(13-36)22(12-35)38-24/h2-11H/b40-25+. The van der Waals surface area contributed by atoms with Crippen LogP contribution in [-0.2, 0) is 12.4 Å². The molecule has 4 aromatic rings. The average Bonchev–Trinajstić information content (AvgIpc) is 3.22. The average molecular weight is 544 g/mol. The fourth-order valence-corrected chi connectivity index (χ4v) is 4.37. The van der Waals surface area contributed by atoms with Crippen molar-refractivity contribution in [3.8, 4) is 45.6 Å². The Balaban J connectivity index is 1.80. The molecule has 0 unspecified atom stereocenters. The van der Waals surface area contributed by atoms with Crippen LogP contribution in [0.3, 0.4) is 0 Å². The summed E-state index contributed by atoms with van der Waals surface area (Å²) in [6, 6.07) is 15.0. The van der Waals surface area contributed by atoms with Gasteiger partial charge in [0, 0.05) is 11.1 Å². The summed E-state index contributed by atoms with van der Waals surface area (Å²) in [4.78, 5) is 11.5. The molecule has 0 saturated heterocycles. The molecule has 0 N–H and O–H groups in total. The molecule has 0 atom stereocenters. The highest BCUT2D eigenvalue weighted by atomic mass is 19.4. The van der Waals surface area contributed by atoms with E-state index >= 15 is 0 Å². The van der Waals surface area contributed by atoms with E-state index in [1.807, 2.05) is 0 Å². The Morgan fingerprint density at radius 3 is 1.48 bits per heavy atom. The van der Waals surface area contributed by atoms with Gasteiger partial charge in [0.25, 0.3) is 0 Å². The zero-order chi connectivity index (χ0) is 28.8. The summed E-state index contributed by atoms with van der Waals surface area (Å²) < 4.78 is 79.2. The minimum absolute atomic E-state index is 0.0284. The van der Waals surface area contributed by atoms with Crippen LogP contribution in [0.4, 0.5) is 26.3 Å². The van der Waals surface area contributed by atoms with Crippen LogP contribution in [0.5, 0.6) is 0 Å². The molecule has 6 nitrogen and oxygen atoms in total. The van der Waals surface area contributed by atoms with Crippen molar-refractivity contribution in [2.45, 2.75) is 12.4 Å². The SMILES string of the molecule is [C-]#[N+]/N=C1\c2cc(-c3ccc(C(F)(F)F)cc3)c(-c3ccc(C(F)(F)F)cc3)cc2-c2nc(C#N)c(C#N)nc21. The van der Waals surface area contributed by atoms with Crippen molar-refractivity contribution in [2.75, 3.05) is 0 Å². The Labute approximate surface area is 221 Å². The fourth-order valence-electron chi connectivity index (χ4n) is 4.37. The number of rotatable bonds is 2. The summed E-state index contributed by atoms with van der Waals surface area (Å²) in [5, 5.41) is 22.6. The van der Waals surface area contributed by atoms with Gasteiger partial charge in [-0.15, -0.1) is 4.95 Å². The number of nitrogens with zero attached hydrogens (tertiary/aromatic N) is 6. The molecule has 0 amide bonds. The van der Waals surface area contributed by atoms with Gasteiger partial charge in [-0.1, -0.05) is 24.3 Å². The zero-order valence-electron chi connectivity index (χ0n) is 19.7. The molecule has 1 aliphatic rings. The van der Waals surface area contributed by atoms with Gasteiger partial charge < -0.3 is 0 Å². The lowest BCUT2D eigenvalue weighted by Gasteiger charge is -2.15. The molecular weight excluding hydrogens is 534 g/mol. The van der Waals surface area contributed by atoms with Gasteiger partial charge in [0.1, 0.15) is 23.5 Å². The Morgan fingerprint density at radius 2 is 1.07 bits per heavy atom. The normalized spacial score (nSPS) is 13.2. The van der Waals surface area contributed by atoms with Crippen molar-refractivity contribution in [3.63, 3.8) is 0 Å². The molecule has 3 aromatic carbocycles. The van der Waals surface area contributed by atoms with Crippen LogP contribution < -0.4 is 0 Å². The number of halogens is 6. The number of hydrogen-bond acceptors (Lipinski definition) is 5. The Morgan fingerprint density at radius 1 is 0.650 bits per heavy atom. The number of benzene rings is 3. The maximum Gasteiger partial charge on any atom is 0.416 e. The molecule has 5 rings (SSSR count). The van der Waals surface area contributed by atoms with Crippen molar-refractivity contribution in [2.24, 2.45) is 5.10 Å². The molecule has 1 heterocycles. The van der Waals surface area contributed by atoms with Crippen LogP contribution in [0, 0.1) is 29.2 Å². The van der Waals surface area contributed by atoms with Gasteiger partial charge in [-0.25, -0.2) is 9.97 Å². The topological polar surface area (TPSA) is 90.1 Å². The first-order valence-corrected chi connectivity index (χ1v) is 11.2. The van der Waals surface area contributed by atoms with E-state index in [1.165, 1.54) is 36.4 Å². The summed E-state index contributed by atoms with van der Waals surface area (Å²) in [6.07, 6.45) is -9.17. The molecule has 194 valence electrons. The molecule has 0 bridgehead atoms. The minimum atomic E-state index is -4.59. The van der Waals surface area contributed by atoms with E-state index in [1.54, 1.807) is 12.1 Å². The second-order valence-electron chi connectivity index (χ2n) is 8.48. The summed E-state index contributed by atoms with van der Waals surface area (Å²) >= 11 is 0. The van der Waals surface area contributed by atoms with Gasteiger partial charge in [0.05, 0.1) is 16.2 Å². The number of aromatic nitrogens is 2. The fraction of sp³-hybridized carbons (Fsp3) is 0.0714. The first-order valence-electron chi connectivity index (χ1n) is 11.2. The Bertz CT molecular complexity index is 1830. The zero-order valence-corrected chi connectivity index (χ0v) is 19.7. The predicted molar refractivity (Wildman–Crippen MR) is 130 cm³/mol. The van der Waals surface area contributed by atoms with E-state index in [-0.39, 0.29) is 28.5 Å². The quantitative estimate of drug-likeness (QED) is 0.133. The van der Waals surface area contributed by atoms with E-state index in [9.17, 15) is 36.9 Å². The highest BCUT2D eigenvalue weighted by Crippen LogP contribution is 2.44. The third-order valence-corrected chi connectivity index (χ3v) is 6.20. The molecule has 0 radical (unpaired) electrons. The maximum atomic E-state index is 13.2. The summed E-state index contributed by atoms with van der Waals surface area (Å²) in [5.41, 5.74) is -0.235. The molecular formula is C28H10F6N6. The van der Waals surface area contributed by atoms with Crippen molar-refractivity contribution in [1.82, 2.24) is 9.97 Å². The van der Waals surface area contributed by atoms with Gasteiger partial charge in [-0.2, -0.15) is 43.4 Å². The maximum absolute atomic E-state index is 13.2. The molecule has 0 aliphatic heterocycles. The smallest absolute Gasteiger partial charge is 0.232 e. The van der Waals surface area contributed by atoms with Gasteiger partial charge in [0.2, 0.25) is 0 Å². The first kappa shape index (κ1) is 26.1. The molecule has 12 heteroatoms. The Kier molecular flexibility index (Phi) is 6.09. The molecule has 0 spiro atoms. The number of fused-ring (bicyclic) bond motifs is 3. The number of alkyl halides is 6. The lowest BCUT2D eigenvalue weighted by atomic mass is 9.89. The second kappa shape index (κ2) is 9.33. The van der Waals surface area contributed by atoms with Crippen molar-refractivity contribution >= 4 is 5.71 Å². The third kappa shape index (κ3) is 4.40. The van der Waals surface area contributed by atoms with Crippen LogP contribution in [0.15, 0.2) is 65.8 Å². The van der Waals surface area contributed by atoms with E-state index in [2.05, 4.69) is 20.0 Å². The lowest BCUT2D eigenvalue weighted by Crippen LogP contribution is -2.05. The summed E-state index contributed by atoms with van der Waals surface area (Å²) in [6.45, 7) is 7.25. The summed E-state index contributed by atoms with van der Waals surface area (Å²) in [7, 11) is 0. The lowest BCUT2D eigenvalue weighted by molar-refractivity contribution is -0.138. The molecule has 40 heavy (non-hydrogen) atoms. The molecule has 0 saturated carbocycles. The van der Waals surface area contributed by atoms with Crippen LogP contribution in [0.1, 0.15) is 33.8 Å². The van der Waals surface area contributed by atoms with Crippen molar-refractivity contribution < 1.29 is 26.3 Å². The van der Waals surface area contributed by atoms with Gasteiger partial charge in [-0.3, -0.25) is 0 Å². The highest BCUT2D eigenvalue weighted by molar-refractivity contribution is 6.24. The second-order valence-corrected chi connectivity index (χ2v) is 8.48. The highest BCUT2D eigenvalue weighted by Gasteiger charge is 2.35. The third-order valence-electron chi connectivity index (χ3n) is 6.20. The van der Waals surface area contributed by atoms with E-state index in [4.69, 9.17) is 6.57 Å². The van der Waals surface area contributed by atoms with E-state index < -0.39 is 23.5 Å². The predicted octanol–water partition coefficient (Wildman–Crippen LogP) is 7.24. The van der Waals surface area contributed by atoms with Crippen LogP contribution in [0.2, 0.25) is 0 Å².